The zero-order chi connectivity index (χ0) is 11.5. The van der Waals surface area contributed by atoms with Crippen LogP contribution in [0, 0.1) is 17.2 Å². The molecule has 1 fully saturated rings. The first-order valence-electron chi connectivity index (χ1n) is 5.16. The summed E-state index contributed by atoms with van der Waals surface area (Å²) in [7, 11) is 0. The summed E-state index contributed by atoms with van der Waals surface area (Å²) in [6.07, 6.45) is 3.53. The van der Waals surface area contributed by atoms with E-state index >= 15 is 0 Å². The second-order valence-corrected chi connectivity index (χ2v) is 4.28. The zero-order valence-corrected chi connectivity index (χ0v) is 9.44. The van der Waals surface area contributed by atoms with Crippen molar-refractivity contribution in [1.82, 2.24) is 4.98 Å². The number of pyridine rings is 1. The van der Waals surface area contributed by atoms with E-state index in [1.54, 1.807) is 6.07 Å². The van der Waals surface area contributed by atoms with Gasteiger partial charge >= 0.3 is 0 Å². The molecule has 0 aromatic carbocycles. The molecule has 1 saturated carbocycles. The van der Waals surface area contributed by atoms with Gasteiger partial charge in [-0.3, -0.25) is 0 Å². The monoisotopic (exact) mass is 237 g/mol. The van der Waals surface area contributed by atoms with Crippen LogP contribution in [0.2, 0.25) is 5.02 Å². The summed E-state index contributed by atoms with van der Waals surface area (Å²) >= 11 is 5.97. The SMILES string of the molecule is N#Cc1ccnc(OC2CC(CN)C2)c1Cl. The van der Waals surface area contributed by atoms with Crippen LogP contribution in [0.4, 0.5) is 0 Å². The molecule has 0 aliphatic heterocycles. The van der Waals surface area contributed by atoms with E-state index in [0.717, 1.165) is 12.8 Å². The topological polar surface area (TPSA) is 71.9 Å². The predicted molar refractivity (Wildman–Crippen MR) is 60.2 cm³/mol. The number of halogens is 1. The van der Waals surface area contributed by atoms with Gasteiger partial charge in [0.1, 0.15) is 17.2 Å². The lowest BCUT2D eigenvalue weighted by molar-refractivity contribution is 0.0649. The molecule has 0 radical (unpaired) electrons. The van der Waals surface area contributed by atoms with E-state index < -0.39 is 0 Å². The van der Waals surface area contributed by atoms with Crippen molar-refractivity contribution < 1.29 is 4.74 Å². The maximum Gasteiger partial charge on any atom is 0.234 e. The van der Waals surface area contributed by atoms with Gasteiger partial charge in [-0.1, -0.05) is 11.6 Å². The minimum absolute atomic E-state index is 0.132. The molecule has 0 spiro atoms. The number of rotatable bonds is 3. The van der Waals surface area contributed by atoms with Crippen molar-refractivity contribution in [1.29, 1.82) is 5.26 Å². The average Bonchev–Trinajstić information content (AvgIpc) is 2.25. The van der Waals surface area contributed by atoms with E-state index in [2.05, 4.69) is 4.98 Å². The van der Waals surface area contributed by atoms with Gasteiger partial charge < -0.3 is 10.5 Å². The molecule has 16 heavy (non-hydrogen) atoms. The predicted octanol–water partition coefficient (Wildman–Crippen LogP) is 1.72. The Kier molecular flexibility index (Phi) is 3.28. The van der Waals surface area contributed by atoms with E-state index in [1.165, 1.54) is 6.20 Å². The molecule has 0 atom stereocenters. The van der Waals surface area contributed by atoms with Crippen LogP contribution in [0.3, 0.4) is 0 Å². The summed E-state index contributed by atoms with van der Waals surface area (Å²) in [6, 6.07) is 3.56. The molecule has 0 bridgehead atoms. The smallest absolute Gasteiger partial charge is 0.234 e. The number of ether oxygens (including phenoxy) is 1. The van der Waals surface area contributed by atoms with Gasteiger partial charge in [-0.05, 0) is 31.4 Å². The molecule has 5 heteroatoms. The number of aromatic nitrogens is 1. The molecule has 1 aromatic rings. The Hall–Kier alpha value is -1.31. The van der Waals surface area contributed by atoms with Crippen LogP contribution in [0.15, 0.2) is 12.3 Å². The number of hydrogen-bond acceptors (Lipinski definition) is 4. The third kappa shape index (κ3) is 2.11. The highest BCUT2D eigenvalue weighted by molar-refractivity contribution is 6.32. The highest BCUT2D eigenvalue weighted by Gasteiger charge is 2.30. The lowest BCUT2D eigenvalue weighted by Crippen LogP contribution is -2.38. The number of nitrogens with zero attached hydrogens (tertiary/aromatic N) is 2. The van der Waals surface area contributed by atoms with Gasteiger partial charge in [-0.2, -0.15) is 5.26 Å². The Labute approximate surface area is 99.0 Å². The van der Waals surface area contributed by atoms with Crippen molar-refractivity contribution in [3.8, 4) is 11.9 Å². The van der Waals surface area contributed by atoms with Gasteiger partial charge in [-0.15, -0.1) is 0 Å². The van der Waals surface area contributed by atoms with Crippen LogP contribution in [-0.2, 0) is 0 Å². The first-order valence-corrected chi connectivity index (χ1v) is 5.53. The third-order valence-electron chi connectivity index (χ3n) is 2.78. The Morgan fingerprint density at radius 1 is 1.62 bits per heavy atom. The van der Waals surface area contributed by atoms with Crippen LogP contribution in [0.1, 0.15) is 18.4 Å². The van der Waals surface area contributed by atoms with Crippen LogP contribution in [0.25, 0.3) is 0 Å². The van der Waals surface area contributed by atoms with E-state index in [9.17, 15) is 0 Å². The van der Waals surface area contributed by atoms with Gasteiger partial charge in [0.05, 0.1) is 5.56 Å². The molecule has 2 rings (SSSR count). The van der Waals surface area contributed by atoms with Gasteiger partial charge in [0, 0.05) is 6.20 Å². The first-order chi connectivity index (χ1) is 7.74. The number of hydrogen-bond donors (Lipinski definition) is 1. The van der Waals surface area contributed by atoms with Crippen molar-refractivity contribution in [2.75, 3.05) is 6.54 Å². The maximum atomic E-state index is 8.79. The van der Waals surface area contributed by atoms with Crippen molar-refractivity contribution in [2.24, 2.45) is 11.7 Å². The number of nitriles is 1. The molecule has 0 saturated heterocycles. The molecule has 1 aliphatic rings. The molecule has 0 amide bonds. The molecule has 1 aromatic heterocycles. The Bertz CT molecular complexity index is 424. The maximum absolute atomic E-state index is 8.79. The minimum atomic E-state index is 0.132. The molecular formula is C11H12ClN3O. The summed E-state index contributed by atoms with van der Waals surface area (Å²) < 4.78 is 5.61. The van der Waals surface area contributed by atoms with Crippen molar-refractivity contribution in [3.63, 3.8) is 0 Å². The summed E-state index contributed by atoms with van der Waals surface area (Å²) in [4.78, 5) is 4.02. The molecule has 0 unspecified atom stereocenters. The highest BCUT2D eigenvalue weighted by atomic mass is 35.5. The molecule has 4 nitrogen and oxygen atoms in total. The number of nitrogens with two attached hydrogens (primary N) is 1. The Balaban J connectivity index is 2.03. The second-order valence-electron chi connectivity index (χ2n) is 3.90. The standard InChI is InChI=1S/C11H12ClN3O/c12-10-8(6-14)1-2-15-11(10)16-9-3-7(4-9)5-13/h1-2,7,9H,3-5,13H2. The van der Waals surface area contributed by atoms with E-state index in [-0.39, 0.29) is 6.10 Å². The fraction of sp³-hybridized carbons (Fsp3) is 0.455. The summed E-state index contributed by atoms with van der Waals surface area (Å²) in [6.45, 7) is 0.694. The van der Waals surface area contributed by atoms with Crippen LogP contribution < -0.4 is 10.5 Å². The fourth-order valence-corrected chi connectivity index (χ4v) is 1.91. The molecule has 1 heterocycles. The quantitative estimate of drug-likeness (QED) is 0.869. The molecular weight excluding hydrogens is 226 g/mol. The molecule has 2 N–H and O–H groups in total. The van der Waals surface area contributed by atoms with Gasteiger partial charge in [0.15, 0.2) is 0 Å². The fourth-order valence-electron chi connectivity index (χ4n) is 1.71. The molecule has 1 aliphatic carbocycles. The molecule has 84 valence electrons. The highest BCUT2D eigenvalue weighted by Crippen LogP contribution is 2.33. The lowest BCUT2D eigenvalue weighted by atomic mass is 9.82. The van der Waals surface area contributed by atoms with Crippen LogP contribution >= 0.6 is 11.6 Å². The van der Waals surface area contributed by atoms with E-state index in [0.29, 0.717) is 28.9 Å². The van der Waals surface area contributed by atoms with Crippen LogP contribution in [-0.4, -0.2) is 17.6 Å². The zero-order valence-electron chi connectivity index (χ0n) is 8.69. The average molecular weight is 238 g/mol. The Morgan fingerprint density at radius 2 is 2.38 bits per heavy atom. The van der Waals surface area contributed by atoms with E-state index in [4.69, 9.17) is 27.3 Å². The second kappa shape index (κ2) is 4.69. The summed E-state index contributed by atoms with van der Waals surface area (Å²) in [5, 5.41) is 9.09. The van der Waals surface area contributed by atoms with Crippen LogP contribution in [0.5, 0.6) is 5.88 Å². The van der Waals surface area contributed by atoms with Gasteiger partial charge in [0.2, 0.25) is 5.88 Å². The first kappa shape index (κ1) is 11.2. The van der Waals surface area contributed by atoms with Crippen molar-refractivity contribution in [3.05, 3.63) is 22.8 Å². The lowest BCUT2D eigenvalue weighted by Gasteiger charge is -2.34. The normalized spacial score (nSPS) is 23.3. The minimum Gasteiger partial charge on any atom is -0.473 e. The summed E-state index contributed by atoms with van der Waals surface area (Å²) in [5.41, 5.74) is 5.91. The Morgan fingerprint density at radius 3 is 3.00 bits per heavy atom. The van der Waals surface area contributed by atoms with E-state index in [1.807, 2.05) is 6.07 Å². The summed E-state index contributed by atoms with van der Waals surface area (Å²) in [5.74, 6) is 0.893. The van der Waals surface area contributed by atoms with Crippen molar-refractivity contribution >= 4 is 11.6 Å². The third-order valence-corrected chi connectivity index (χ3v) is 3.15. The van der Waals surface area contributed by atoms with Gasteiger partial charge in [0.25, 0.3) is 0 Å². The van der Waals surface area contributed by atoms with Crippen molar-refractivity contribution in [2.45, 2.75) is 18.9 Å². The largest absolute Gasteiger partial charge is 0.473 e. The van der Waals surface area contributed by atoms with Gasteiger partial charge in [-0.25, -0.2) is 4.98 Å².